The second kappa shape index (κ2) is 9.98. The van der Waals surface area contributed by atoms with Gasteiger partial charge >= 0.3 is 0 Å². The second-order valence-corrected chi connectivity index (χ2v) is 8.66. The van der Waals surface area contributed by atoms with Crippen LogP contribution in [0.1, 0.15) is 28.2 Å². The highest BCUT2D eigenvalue weighted by molar-refractivity contribution is 6.06. The van der Waals surface area contributed by atoms with Gasteiger partial charge in [0.2, 0.25) is 0 Å². The molecule has 0 saturated carbocycles. The van der Waals surface area contributed by atoms with Crippen LogP contribution in [0.5, 0.6) is 0 Å². The van der Waals surface area contributed by atoms with Gasteiger partial charge in [-0.3, -0.25) is 14.6 Å². The predicted molar refractivity (Wildman–Crippen MR) is 132 cm³/mol. The van der Waals surface area contributed by atoms with E-state index in [4.69, 9.17) is 0 Å². The lowest BCUT2D eigenvalue weighted by atomic mass is 10.1. The van der Waals surface area contributed by atoms with Gasteiger partial charge in [0.05, 0.1) is 6.54 Å². The minimum atomic E-state index is -0.0822. The van der Waals surface area contributed by atoms with Gasteiger partial charge in [0.15, 0.2) is 0 Å². The van der Waals surface area contributed by atoms with Crippen molar-refractivity contribution in [3.63, 3.8) is 0 Å². The topological polar surface area (TPSA) is 64.3 Å². The van der Waals surface area contributed by atoms with Crippen molar-refractivity contribution in [2.75, 3.05) is 31.5 Å². The van der Waals surface area contributed by atoms with E-state index in [0.717, 1.165) is 68.0 Å². The Hall–Kier alpha value is -3.48. The van der Waals surface area contributed by atoms with E-state index in [0.29, 0.717) is 5.56 Å². The van der Waals surface area contributed by atoms with E-state index in [9.17, 15) is 4.79 Å². The molecule has 0 bridgehead atoms. The molecule has 1 aliphatic heterocycles. The summed E-state index contributed by atoms with van der Waals surface area (Å²) in [6, 6.07) is 22.1. The summed E-state index contributed by atoms with van der Waals surface area (Å²) in [6.07, 6.45) is 4.83. The highest BCUT2D eigenvalue weighted by Gasteiger charge is 2.16. The summed E-state index contributed by atoms with van der Waals surface area (Å²) >= 11 is 0. The van der Waals surface area contributed by atoms with Crippen molar-refractivity contribution in [1.82, 2.24) is 19.8 Å². The summed E-state index contributed by atoms with van der Waals surface area (Å²) in [5.74, 6) is 0.944. The SMILES string of the molecule is O=C(Nc1cccc(CN2CCCN(Cc3ncc[nH]3)CC2)c1)c1ccc2ccccc2c1. The minimum Gasteiger partial charge on any atom is -0.348 e. The molecule has 2 N–H and O–H groups in total. The molecule has 1 saturated heterocycles. The summed E-state index contributed by atoms with van der Waals surface area (Å²) in [5, 5.41) is 5.27. The molecule has 0 atom stereocenters. The van der Waals surface area contributed by atoms with Crippen LogP contribution < -0.4 is 5.32 Å². The third-order valence-corrected chi connectivity index (χ3v) is 6.21. The molecule has 6 nitrogen and oxygen atoms in total. The van der Waals surface area contributed by atoms with Crippen molar-refractivity contribution in [3.8, 4) is 0 Å². The fraction of sp³-hybridized carbons (Fsp3) is 0.259. The van der Waals surface area contributed by atoms with Crippen molar-refractivity contribution in [2.24, 2.45) is 0 Å². The number of imidazole rings is 1. The first kappa shape index (κ1) is 21.4. The van der Waals surface area contributed by atoms with Crippen molar-refractivity contribution < 1.29 is 4.79 Å². The van der Waals surface area contributed by atoms with Gasteiger partial charge in [-0.2, -0.15) is 0 Å². The fourth-order valence-electron chi connectivity index (χ4n) is 4.48. The first-order chi connectivity index (χ1) is 16.2. The number of rotatable bonds is 6. The molecular formula is C27H29N5O. The standard InChI is InChI=1S/C27H29N5O/c33-27(24-10-9-22-6-1-2-7-23(22)18-24)30-25-8-3-5-21(17-25)19-31-13-4-14-32(16-15-31)20-26-28-11-12-29-26/h1-3,5-12,17-18H,4,13-16,19-20H2,(H,28,29)(H,30,33). The van der Waals surface area contributed by atoms with Crippen LogP contribution in [-0.2, 0) is 13.1 Å². The van der Waals surface area contributed by atoms with Crippen molar-refractivity contribution in [1.29, 1.82) is 0 Å². The monoisotopic (exact) mass is 439 g/mol. The maximum Gasteiger partial charge on any atom is 0.255 e. The number of aromatic nitrogens is 2. The van der Waals surface area contributed by atoms with Gasteiger partial charge in [0, 0.05) is 43.3 Å². The number of benzene rings is 3. The van der Waals surface area contributed by atoms with Crippen LogP contribution in [0.4, 0.5) is 5.69 Å². The molecule has 33 heavy (non-hydrogen) atoms. The normalized spacial score (nSPS) is 15.4. The van der Waals surface area contributed by atoms with E-state index < -0.39 is 0 Å². The third-order valence-electron chi connectivity index (χ3n) is 6.21. The van der Waals surface area contributed by atoms with Crippen molar-refractivity contribution in [3.05, 3.63) is 96.1 Å². The molecule has 1 aromatic heterocycles. The molecule has 6 heteroatoms. The molecule has 1 fully saturated rings. The van der Waals surface area contributed by atoms with Crippen LogP contribution in [0, 0.1) is 0 Å². The summed E-state index contributed by atoms with van der Waals surface area (Å²) in [5.41, 5.74) is 2.72. The molecular weight excluding hydrogens is 410 g/mol. The Labute approximate surface area is 194 Å². The Morgan fingerprint density at radius 2 is 1.70 bits per heavy atom. The van der Waals surface area contributed by atoms with Gasteiger partial charge in [0.25, 0.3) is 5.91 Å². The van der Waals surface area contributed by atoms with Gasteiger partial charge < -0.3 is 10.3 Å². The lowest BCUT2D eigenvalue weighted by Gasteiger charge is -2.21. The second-order valence-electron chi connectivity index (χ2n) is 8.66. The molecule has 5 rings (SSSR count). The third kappa shape index (κ3) is 5.48. The Morgan fingerprint density at radius 1 is 0.879 bits per heavy atom. The first-order valence-corrected chi connectivity index (χ1v) is 11.5. The Bertz CT molecular complexity index is 1220. The van der Waals surface area contributed by atoms with Gasteiger partial charge in [-0.25, -0.2) is 4.98 Å². The number of anilines is 1. The Morgan fingerprint density at radius 3 is 2.52 bits per heavy atom. The Kier molecular flexibility index (Phi) is 6.46. The highest BCUT2D eigenvalue weighted by atomic mass is 16.1. The molecule has 0 spiro atoms. The fourth-order valence-corrected chi connectivity index (χ4v) is 4.48. The van der Waals surface area contributed by atoms with Crippen molar-refractivity contribution in [2.45, 2.75) is 19.5 Å². The molecule has 0 radical (unpaired) electrons. The molecule has 0 unspecified atom stereocenters. The maximum absolute atomic E-state index is 12.8. The number of carbonyl (C=O) groups is 1. The number of amides is 1. The average molecular weight is 440 g/mol. The number of hydrogen-bond donors (Lipinski definition) is 2. The maximum atomic E-state index is 12.8. The molecule has 1 aliphatic rings. The number of fused-ring (bicyclic) bond motifs is 1. The summed E-state index contributed by atoms with van der Waals surface area (Å²) in [6.45, 7) is 5.96. The van der Waals surface area contributed by atoms with E-state index >= 15 is 0 Å². The molecule has 3 aromatic carbocycles. The van der Waals surface area contributed by atoms with Crippen LogP contribution >= 0.6 is 0 Å². The zero-order valence-electron chi connectivity index (χ0n) is 18.7. The summed E-state index contributed by atoms with van der Waals surface area (Å²) in [4.78, 5) is 25.3. The van der Waals surface area contributed by atoms with Crippen LogP contribution in [0.3, 0.4) is 0 Å². The smallest absolute Gasteiger partial charge is 0.255 e. The average Bonchev–Trinajstić information content (AvgIpc) is 3.25. The van der Waals surface area contributed by atoms with Crippen LogP contribution in [-0.4, -0.2) is 51.9 Å². The zero-order chi connectivity index (χ0) is 22.5. The van der Waals surface area contributed by atoms with Crippen LogP contribution in [0.25, 0.3) is 10.8 Å². The van der Waals surface area contributed by atoms with Gasteiger partial charge in [-0.1, -0.05) is 42.5 Å². The first-order valence-electron chi connectivity index (χ1n) is 11.5. The van der Waals surface area contributed by atoms with E-state index in [2.05, 4.69) is 43.3 Å². The predicted octanol–water partition coefficient (Wildman–Crippen LogP) is 4.52. The molecule has 2 heterocycles. The van der Waals surface area contributed by atoms with E-state index in [1.54, 1.807) is 0 Å². The molecule has 0 aliphatic carbocycles. The highest BCUT2D eigenvalue weighted by Crippen LogP contribution is 2.19. The van der Waals surface area contributed by atoms with Crippen LogP contribution in [0.15, 0.2) is 79.1 Å². The number of hydrogen-bond acceptors (Lipinski definition) is 4. The number of nitrogens with zero attached hydrogens (tertiary/aromatic N) is 3. The summed E-state index contributed by atoms with van der Waals surface area (Å²) in [7, 11) is 0. The lowest BCUT2D eigenvalue weighted by Crippen LogP contribution is -2.30. The van der Waals surface area contributed by atoms with Gasteiger partial charge in [-0.05, 0) is 60.1 Å². The van der Waals surface area contributed by atoms with Crippen LogP contribution in [0.2, 0.25) is 0 Å². The number of aromatic amines is 1. The quantitative estimate of drug-likeness (QED) is 0.464. The number of H-pyrrole nitrogens is 1. The lowest BCUT2D eigenvalue weighted by molar-refractivity contribution is 0.102. The Balaban J connectivity index is 1.19. The molecule has 4 aromatic rings. The minimum absolute atomic E-state index is 0.0822. The largest absolute Gasteiger partial charge is 0.348 e. The van der Waals surface area contributed by atoms with E-state index in [1.165, 1.54) is 5.56 Å². The van der Waals surface area contributed by atoms with E-state index in [-0.39, 0.29) is 5.91 Å². The van der Waals surface area contributed by atoms with E-state index in [1.807, 2.05) is 60.9 Å². The summed E-state index contributed by atoms with van der Waals surface area (Å²) < 4.78 is 0. The number of carbonyl (C=O) groups excluding carboxylic acids is 1. The van der Waals surface area contributed by atoms with Gasteiger partial charge in [-0.15, -0.1) is 0 Å². The van der Waals surface area contributed by atoms with Gasteiger partial charge in [0.1, 0.15) is 5.82 Å². The van der Waals surface area contributed by atoms with Crippen molar-refractivity contribution >= 4 is 22.4 Å². The zero-order valence-corrected chi connectivity index (χ0v) is 18.7. The number of nitrogens with one attached hydrogen (secondary N) is 2. The molecule has 1 amide bonds. The molecule has 168 valence electrons.